The molecule has 0 aromatic rings. The summed E-state index contributed by atoms with van der Waals surface area (Å²) in [6, 6.07) is 0.513. The van der Waals surface area contributed by atoms with Crippen LogP contribution < -0.4 is 5.32 Å². The third-order valence-electron chi connectivity index (χ3n) is 3.11. The lowest BCUT2D eigenvalue weighted by molar-refractivity contribution is 0.182. The third kappa shape index (κ3) is 3.56. The van der Waals surface area contributed by atoms with Crippen molar-refractivity contribution in [3.8, 4) is 0 Å². The first-order valence-electron chi connectivity index (χ1n) is 5.76. The van der Waals surface area contributed by atoms with E-state index < -0.39 is 0 Å². The molecule has 14 heavy (non-hydrogen) atoms. The minimum absolute atomic E-state index is 0.285. The lowest BCUT2D eigenvalue weighted by Gasteiger charge is -2.37. The Morgan fingerprint density at radius 1 is 1.14 bits per heavy atom. The quantitative estimate of drug-likeness (QED) is 0.739. The van der Waals surface area contributed by atoms with Gasteiger partial charge in [0.05, 0.1) is 0 Å². The van der Waals surface area contributed by atoms with E-state index in [4.69, 9.17) is 0 Å². The van der Waals surface area contributed by atoms with Crippen LogP contribution >= 0.6 is 0 Å². The Labute approximate surface area is 87.5 Å². The molecule has 2 unspecified atom stereocenters. The molecule has 0 heterocycles. The second kappa shape index (κ2) is 4.61. The molecule has 1 aliphatic rings. The molecule has 1 saturated carbocycles. The maximum atomic E-state index is 12.7. The third-order valence-corrected chi connectivity index (χ3v) is 3.11. The maximum Gasteiger partial charge on any atom is 0.107 e. The summed E-state index contributed by atoms with van der Waals surface area (Å²) in [5, 5.41) is 3.43. The Hall–Kier alpha value is -0.110. The van der Waals surface area contributed by atoms with Crippen LogP contribution in [-0.2, 0) is 0 Å². The summed E-state index contributed by atoms with van der Waals surface area (Å²) >= 11 is 0. The summed E-state index contributed by atoms with van der Waals surface area (Å²) in [7, 11) is 0. The van der Waals surface area contributed by atoms with E-state index in [-0.39, 0.29) is 12.2 Å². The number of nitrogens with one attached hydrogen (secondary N) is 1. The Bertz CT molecular complexity index is 169. The van der Waals surface area contributed by atoms with Crippen LogP contribution in [0.15, 0.2) is 0 Å². The van der Waals surface area contributed by atoms with Gasteiger partial charge in [0.2, 0.25) is 0 Å². The van der Waals surface area contributed by atoms with Crippen molar-refractivity contribution in [3.63, 3.8) is 0 Å². The van der Waals surface area contributed by atoms with E-state index in [2.05, 4.69) is 19.2 Å². The fourth-order valence-corrected chi connectivity index (χ4v) is 2.66. The van der Waals surface area contributed by atoms with Crippen molar-refractivity contribution in [2.75, 3.05) is 6.67 Å². The first-order valence-corrected chi connectivity index (χ1v) is 5.76. The monoisotopic (exact) mass is 201 g/mol. The zero-order valence-electron chi connectivity index (χ0n) is 9.94. The largest absolute Gasteiger partial charge is 0.307 e. The Morgan fingerprint density at radius 3 is 2.07 bits per heavy atom. The molecular formula is C12H24FN. The van der Waals surface area contributed by atoms with Gasteiger partial charge in [-0.3, -0.25) is 0 Å². The van der Waals surface area contributed by atoms with Crippen LogP contribution in [-0.4, -0.2) is 18.3 Å². The van der Waals surface area contributed by atoms with Gasteiger partial charge in [-0.15, -0.1) is 0 Å². The van der Waals surface area contributed by atoms with Gasteiger partial charge in [-0.1, -0.05) is 13.8 Å². The molecule has 1 N–H and O–H groups in total. The lowest BCUT2D eigenvalue weighted by Crippen LogP contribution is -2.49. The zero-order valence-corrected chi connectivity index (χ0v) is 9.94. The van der Waals surface area contributed by atoms with Crippen LogP contribution in [0.3, 0.4) is 0 Å². The molecule has 0 amide bonds. The number of alkyl halides is 1. The van der Waals surface area contributed by atoms with Crippen molar-refractivity contribution >= 4 is 0 Å². The summed E-state index contributed by atoms with van der Waals surface area (Å²) in [4.78, 5) is 0. The van der Waals surface area contributed by atoms with E-state index in [1.807, 2.05) is 13.8 Å². The highest BCUT2D eigenvalue weighted by atomic mass is 19.1. The van der Waals surface area contributed by atoms with Gasteiger partial charge < -0.3 is 5.32 Å². The van der Waals surface area contributed by atoms with Gasteiger partial charge in [0.15, 0.2) is 0 Å². The fraction of sp³-hybridized carbons (Fsp3) is 1.00. The smallest absolute Gasteiger partial charge is 0.107 e. The molecule has 1 fully saturated rings. The predicted molar refractivity (Wildman–Crippen MR) is 59.2 cm³/mol. The first kappa shape index (κ1) is 12.0. The molecular weight excluding hydrogens is 177 g/mol. The summed E-state index contributed by atoms with van der Waals surface area (Å²) in [6.45, 7) is 8.19. The highest BCUT2D eigenvalue weighted by Gasteiger charge is 2.28. The topological polar surface area (TPSA) is 12.0 Å². The molecule has 0 bridgehead atoms. The van der Waals surface area contributed by atoms with Crippen LogP contribution in [0, 0.1) is 11.8 Å². The number of hydrogen-bond donors (Lipinski definition) is 1. The minimum atomic E-state index is -0.346. The molecule has 0 aromatic carbocycles. The van der Waals surface area contributed by atoms with Gasteiger partial charge in [0.1, 0.15) is 6.67 Å². The lowest BCUT2D eigenvalue weighted by atomic mass is 9.80. The van der Waals surface area contributed by atoms with Crippen LogP contribution in [0.5, 0.6) is 0 Å². The Balaban J connectivity index is 2.44. The first-order chi connectivity index (χ1) is 6.43. The summed E-state index contributed by atoms with van der Waals surface area (Å²) in [5.41, 5.74) is -0.346. The van der Waals surface area contributed by atoms with Crippen molar-refractivity contribution < 1.29 is 4.39 Å². The Kier molecular flexibility index (Phi) is 3.94. The van der Waals surface area contributed by atoms with E-state index in [9.17, 15) is 4.39 Å². The number of hydrogen-bond acceptors (Lipinski definition) is 1. The van der Waals surface area contributed by atoms with Gasteiger partial charge in [-0.05, 0) is 44.9 Å². The van der Waals surface area contributed by atoms with Crippen LogP contribution in [0.1, 0.15) is 47.0 Å². The average Bonchev–Trinajstić information content (AvgIpc) is 2.01. The average molecular weight is 201 g/mol. The number of rotatable bonds is 3. The van der Waals surface area contributed by atoms with Crippen molar-refractivity contribution in [1.29, 1.82) is 0 Å². The Morgan fingerprint density at radius 2 is 1.64 bits per heavy atom. The van der Waals surface area contributed by atoms with Gasteiger partial charge in [-0.25, -0.2) is 4.39 Å². The maximum absolute atomic E-state index is 12.7. The van der Waals surface area contributed by atoms with E-state index in [1.165, 1.54) is 19.3 Å². The van der Waals surface area contributed by atoms with E-state index >= 15 is 0 Å². The van der Waals surface area contributed by atoms with E-state index in [1.54, 1.807) is 0 Å². The molecule has 1 nitrogen and oxygen atoms in total. The minimum Gasteiger partial charge on any atom is -0.307 e. The van der Waals surface area contributed by atoms with Crippen LogP contribution in [0.2, 0.25) is 0 Å². The predicted octanol–water partition coefficient (Wildman–Crippen LogP) is 3.15. The van der Waals surface area contributed by atoms with Gasteiger partial charge in [-0.2, -0.15) is 0 Å². The van der Waals surface area contributed by atoms with Gasteiger partial charge >= 0.3 is 0 Å². The standard InChI is InChI=1S/C12H24FN/c1-9-5-10(2)7-11(6-9)14-12(3,4)8-13/h9-11,14H,5-8H2,1-4H3. The molecule has 0 aliphatic heterocycles. The number of halogens is 1. The van der Waals surface area contributed by atoms with Crippen molar-refractivity contribution in [1.82, 2.24) is 5.32 Å². The van der Waals surface area contributed by atoms with Crippen molar-refractivity contribution in [2.45, 2.75) is 58.5 Å². The molecule has 2 heteroatoms. The van der Waals surface area contributed by atoms with Gasteiger partial charge in [0.25, 0.3) is 0 Å². The van der Waals surface area contributed by atoms with Crippen molar-refractivity contribution in [2.24, 2.45) is 11.8 Å². The molecule has 1 aliphatic carbocycles. The molecule has 0 radical (unpaired) electrons. The summed E-state index contributed by atoms with van der Waals surface area (Å²) in [6.07, 6.45) is 3.73. The zero-order chi connectivity index (χ0) is 10.8. The second-order valence-corrected chi connectivity index (χ2v) is 5.78. The molecule has 0 saturated heterocycles. The highest BCUT2D eigenvalue weighted by Crippen LogP contribution is 2.29. The van der Waals surface area contributed by atoms with E-state index in [0.717, 1.165) is 11.8 Å². The fourth-order valence-electron chi connectivity index (χ4n) is 2.66. The molecule has 84 valence electrons. The summed E-state index contributed by atoms with van der Waals surface area (Å²) < 4.78 is 12.7. The van der Waals surface area contributed by atoms with Gasteiger partial charge in [0, 0.05) is 11.6 Å². The summed E-state index contributed by atoms with van der Waals surface area (Å²) in [5.74, 6) is 1.57. The molecule has 0 spiro atoms. The SMILES string of the molecule is CC1CC(C)CC(NC(C)(C)CF)C1. The normalized spacial score (nSPS) is 34.5. The van der Waals surface area contributed by atoms with Crippen LogP contribution in [0.25, 0.3) is 0 Å². The molecule has 1 rings (SSSR count). The second-order valence-electron chi connectivity index (χ2n) is 5.78. The molecule has 0 aromatic heterocycles. The van der Waals surface area contributed by atoms with Crippen LogP contribution in [0.4, 0.5) is 4.39 Å². The van der Waals surface area contributed by atoms with E-state index in [0.29, 0.717) is 6.04 Å². The molecule has 2 atom stereocenters. The highest BCUT2D eigenvalue weighted by molar-refractivity contribution is 4.86. The van der Waals surface area contributed by atoms with Crippen molar-refractivity contribution in [3.05, 3.63) is 0 Å².